The smallest absolute Gasteiger partial charge is 0.203 e. The van der Waals surface area contributed by atoms with Crippen molar-refractivity contribution in [2.24, 2.45) is 7.05 Å². The van der Waals surface area contributed by atoms with Crippen LogP contribution in [0.25, 0.3) is 6.08 Å². The van der Waals surface area contributed by atoms with E-state index in [9.17, 15) is 4.79 Å². The lowest BCUT2D eigenvalue weighted by Crippen LogP contribution is -2.02. The fourth-order valence-electron chi connectivity index (χ4n) is 1.75. The van der Waals surface area contributed by atoms with Gasteiger partial charge in [-0.2, -0.15) is 10.4 Å². The van der Waals surface area contributed by atoms with E-state index < -0.39 is 0 Å². The van der Waals surface area contributed by atoms with E-state index in [1.165, 1.54) is 13.2 Å². The second-order valence-electron chi connectivity index (χ2n) is 4.18. The second-order valence-corrected chi connectivity index (χ2v) is 4.18. The summed E-state index contributed by atoms with van der Waals surface area (Å²) in [7, 11) is 3.30. The lowest BCUT2D eigenvalue weighted by molar-refractivity contribution is 0.103. The van der Waals surface area contributed by atoms with E-state index in [2.05, 4.69) is 5.10 Å². The van der Waals surface area contributed by atoms with Crippen LogP contribution in [0, 0.1) is 11.3 Å². The summed E-state index contributed by atoms with van der Waals surface area (Å²) < 4.78 is 6.68. The molecule has 100 valence electrons. The number of aromatic nitrogens is 2. The summed E-state index contributed by atoms with van der Waals surface area (Å²) >= 11 is 0. The van der Waals surface area contributed by atoms with Crippen LogP contribution in [0.1, 0.15) is 15.9 Å². The van der Waals surface area contributed by atoms with E-state index in [1.807, 2.05) is 6.07 Å². The number of nitriles is 1. The quantitative estimate of drug-likeness (QED) is 0.484. The zero-order valence-electron chi connectivity index (χ0n) is 11.2. The maximum absolute atomic E-state index is 12.3. The molecule has 0 radical (unpaired) electrons. The van der Waals surface area contributed by atoms with Crippen LogP contribution < -0.4 is 4.74 Å². The first-order valence-electron chi connectivity index (χ1n) is 5.93. The Morgan fingerprint density at radius 2 is 2.30 bits per heavy atom. The van der Waals surface area contributed by atoms with Crippen molar-refractivity contribution in [1.82, 2.24) is 9.78 Å². The Hall–Kier alpha value is -2.87. The lowest BCUT2D eigenvalue weighted by Gasteiger charge is -2.02. The molecule has 2 aromatic rings. The van der Waals surface area contributed by atoms with Crippen molar-refractivity contribution in [1.29, 1.82) is 5.26 Å². The second kappa shape index (κ2) is 5.85. The molecule has 5 heteroatoms. The van der Waals surface area contributed by atoms with Crippen molar-refractivity contribution in [2.45, 2.75) is 0 Å². The molecule has 20 heavy (non-hydrogen) atoms. The summed E-state index contributed by atoms with van der Waals surface area (Å²) in [4.78, 5) is 12.3. The van der Waals surface area contributed by atoms with Gasteiger partial charge in [0, 0.05) is 24.4 Å². The molecule has 1 aromatic heterocycles. The molecule has 0 saturated carbocycles. The number of ether oxygens (including phenoxy) is 1. The average Bonchev–Trinajstić information content (AvgIpc) is 2.89. The third kappa shape index (κ3) is 2.93. The molecule has 0 aliphatic rings. The molecule has 0 bridgehead atoms. The average molecular weight is 267 g/mol. The van der Waals surface area contributed by atoms with Gasteiger partial charge in [0.25, 0.3) is 0 Å². The van der Waals surface area contributed by atoms with Gasteiger partial charge in [-0.25, -0.2) is 0 Å². The summed E-state index contributed by atoms with van der Waals surface area (Å²) in [6, 6.07) is 8.65. The van der Waals surface area contributed by atoms with Gasteiger partial charge in [-0.05, 0) is 18.2 Å². The van der Waals surface area contributed by atoms with Gasteiger partial charge in [-0.1, -0.05) is 12.1 Å². The van der Waals surface area contributed by atoms with Gasteiger partial charge in [-0.3, -0.25) is 9.48 Å². The molecule has 0 fully saturated rings. The third-order valence-corrected chi connectivity index (χ3v) is 2.73. The molecule has 0 saturated heterocycles. The van der Waals surface area contributed by atoms with E-state index in [0.29, 0.717) is 16.9 Å². The summed E-state index contributed by atoms with van der Waals surface area (Å²) in [5, 5.41) is 13.1. The van der Waals surface area contributed by atoms with Gasteiger partial charge in [0.05, 0.1) is 13.3 Å². The number of aryl methyl sites for hydroxylation is 1. The van der Waals surface area contributed by atoms with Crippen molar-refractivity contribution in [3.63, 3.8) is 0 Å². The predicted octanol–water partition coefficient (Wildman–Crippen LogP) is 2.22. The highest BCUT2D eigenvalue weighted by molar-refractivity contribution is 6.14. The number of allylic oxidation sites excluding steroid dienone is 1. The Morgan fingerprint density at radius 1 is 1.50 bits per heavy atom. The molecule has 1 heterocycles. The number of nitrogens with zero attached hydrogens (tertiary/aromatic N) is 3. The molecule has 1 aromatic carbocycles. The molecule has 0 unspecified atom stereocenters. The zero-order valence-corrected chi connectivity index (χ0v) is 11.2. The first kappa shape index (κ1) is 13.6. The molecule has 2 rings (SSSR count). The predicted molar refractivity (Wildman–Crippen MR) is 74.1 cm³/mol. The first-order chi connectivity index (χ1) is 9.63. The van der Waals surface area contributed by atoms with Gasteiger partial charge in [-0.15, -0.1) is 0 Å². The number of Topliss-reactive ketones (excluding diaryl/α,β-unsaturated/α-hetero) is 1. The standard InChI is InChI=1S/C15H13N3O2/c1-18-10-11(9-17-18)6-13(8-16)15(19)12-4-3-5-14(7-12)20-2/h3-7,9-10H,1-2H3/b13-6+. The van der Waals surface area contributed by atoms with Crippen LogP contribution in [0.3, 0.4) is 0 Å². The minimum atomic E-state index is -0.338. The molecular weight excluding hydrogens is 254 g/mol. The monoisotopic (exact) mass is 267 g/mol. The highest BCUT2D eigenvalue weighted by Crippen LogP contribution is 2.17. The minimum absolute atomic E-state index is 0.0613. The number of methoxy groups -OCH3 is 1. The highest BCUT2D eigenvalue weighted by Gasteiger charge is 2.13. The number of hydrogen-bond donors (Lipinski definition) is 0. The Bertz CT molecular complexity index is 708. The molecule has 0 aliphatic carbocycles. The minimum Gasteiger partial charge on any atom is -0.497 e. The number of benzene rings is 1. The number of rotatable bonds is 4. The van der Waals surface area contributed by atoms with E-state index >= 15 is 0 Å². The van der Waals surface area contributed by atoms with Gasteiger partial charge in [0.15, 0.2) is 0 Å². The summed E-state index contributed by atoms with van der Waals surface area (Å²) in [5.41, 5.74) is 1.19. The molecule has 5 nitrogen and oxygen atoms in total. The third-order valence-electron chi connectivity index (χ3n) is 2.73. The van der Waals surface area contributed by atoms with Crippen LogP contribution in [-0.2, 0) is 7.05 Å². The molecule has 0 N–H and O–H groups in total. The maximum Gasteiger partial charge on any atom is 0.203 e. The van der Waals surface area contributed by atoms with E-state index in [-0.39, 0.29) is 11.4 Å². The molecule has 0 atom stereocenters. The van der Waals surface area contributed by atoms with Crippen molar-refractivity contribution >= 4 is 11.9 Å². The van der Waals surface area contributed by atoms with Gasteiger partial charge in [0.1, 0.15) is 17.4 Å². The summed E-state index contributed by atoms with van der Waals surface area (Å²) in [5.74, 6) is 0.241. The Kier molecular flexibility index (Phi) is 3.96. The molecule has 0 spiro atoms. The maximum atomic E-state index is 12.3. The Balaban J connectivity index is 2.34. The van der Waals surface area contributed by atoms with Crippen LogP contribution in [0.15, 0.2) is 42.2 Å². The molecule has 0 aliphatic heterocycles. The van der Waals surface area contributed by atoms with E-state index in [1.54, 1.807) is 48.4 Å². The fraction of sp³-hybridized carbons (Fsp3) is 0.133. The Morgan fingerprint density at radius 3 is 2.90 bits per heavy atom. The largest absolute Gasteiger partial charge is 0.497 e. The number of carbonyl (C=O) groups excluding carboxylic acids is 1. The van der Waals surface area contributed by atoms with Gasteiger partial charge < -0.3 is 4.74 Å². The van der Waals surface area contributed by atoms with Crippen LogP contribution >= 0.6 is 0 Å². The van der Waals surface area contributed by atoms with Crippen LogP contribution in [-0.4, -0.2) is 22.7 Å². The van der Waals surface area contributed by atoms with Gasteiger partial charge in [0.2, 0.25) is 5.78 Å². The lowest BCUT2D eigenvalue weighted by atomic mass is 10.0. The first-order valence-corrected chi connectivity index (χ1v) is 5.93. The van der Waals surface area contributed by atoms with Crippen molar-refractivity contribution in [3.05, 3.63) is 53.4 Å². The molecule has 0 amide bonds. The van der Waals surface area contributed by atoms with Crippen molar-refractivity contribution < 1.29 is 9.53 Å². The Labute approximate surface area is 116 Å². The highest BCUT2D eigenvalue weighted by atomic mass is 16.5. The SMILES string of the molecule is COc1cccc(C(=O)/C(C#N)=C/c2cnn(C)c2)c1. The zero-order chi connectivity index (χ0) is 14.5. The van der Waals surface area contributed by atoms with Crippen molar-refractivity contribution in [2.75, 3.05) is 7.11 Å². The van der Waals surface area contributed by atoms with Crippen LogP contribution in [0.2, 0.25) is 0 Å². The number of carbonyl (C=O) groups is 1. The fourth-order valence-corrected chi connectivity index (χ4v) is 1.75. The topological polar surface area (TPSA) is 67.9 Å². The van der Waals surface area contributed by atoms with Crippen LogP contribution in [0.5, 0.6) is 5.75 Å². The van der Waals surface area contributed by atoms with E-state index in [4.69, 9.17) is 10.00 Å². The van der Waals surface area contributed by atoms with E-state index in [0.717, 1.165) is 0 Å². The summed E-state index contributed by atoms with van der Waals surface area (Å²) in [6.07, 6.45) is 4.85. The van der Waals surface area contributed by atoms with Gasteiger partial charge >= 0.3 is 0 Å². The normalized spacial score (nSPS) is 10.9. The van der Waals surface area contributed by atoms with Crippen molar-refractivity contribution in [3.8, 4) is 11.8 Å². The summed E-state index contributed by atoms with van der Waals surface area (Å²) in [6.45, 7) is 0. The number of ketones is 1. The van der Waals surface area contributed by atoms with Crippen LogP contribution in [0.4, 0.5) is 0 Å². The number of hydrogen-bond acceptors (Lipinski definition) is 4. The molecular formula is C15H13N3O2.